The number of anilines is 1. The van der Waals surface area contributed by atoms with Crippen LogP contribution in [0.5, 0.6) is 0 Å². The van der Waals surface area contributed by atoms with E-state index in [0.29, 0.717) is 24.5 Å². The molecule has 0 bridgehead atoms. The average molecular weight is 380 g/mol. The highest BCUT2D eigenvalue weighted by molar-refractivity contribution is 6.44. The Kier molecular flexibility index (Phi) is 6.38. The molecule has 0 aromatic heterocycles. The average Bonchev–Trinajstić information content (AvgIpc) is 2.79. The first-order chi connectivity index (χ1) is 11.0. The number of hydrazone groups is 1. The van der Waals surface area contributed by atoms with Crippen molar-refractivity contribution in [2.24, 2.45) is 11.0 Å². The first-order valence-corrected chi connectivity index (χ1v) is 7.71. The van der Waals surface area contributed by atoms with E-state index in [2.05, 4.69) is 5.10 Å². The van der Waals surface area contributed by atoms with Crippen LogP contribution in [-0.4, -0.2) is 44.8 Å². The topological polar surface area (TPSA) is 68.2 Å². The van der Waals surface area contributed by atoms with Gasteiger partial charge in [-0.3, -0.25) is 9.59 Å². The molecule has 1 atom stereocenters. The van der Waals surface area contributed by atoms with Gasteiger partial charge >= 0.3 is 0 Å². The molecule has 23 heavy (non-hydrogen) atoms. The van der Waals surface area contributed by atoms with Gasteiger partial charge in [0, 0.05) is 12.1 Å². The molecule has 1 amide bonds. The number of carbonyl (C=O) groups is 2. The molecule has 1 aromatic rings. The molecule has 6 nitrogen and oxygen atoms in total. The molecule has 0 fully saturated rings. The molecule has 0 saturated heterocycles. The van der Waals surface area contributed by atoms with Crippen LogP contribution in [0.3, 0.4) is 0 Å². The van der Waals surface area contributed by atoms with Gasteiger partial charge in [0.25, 0.3) is 5.91 Å². The number of amides is 1. The normalized spacial score (nSPS) is 17.6. The summed E-state index contributed by atoms with van der Waals surface area (Å²) in [6.45, 7) is 0.695. The lowest BCUT2D eigenvalue weighted by Gasteiger charge is -2.17. The number of nitrogens with zero attached hydrogens (tertiary/aromatic N) is 2. The summed E-state index contributed by atoms with van der Waals surface area (Å²) in [7, 11) is 1.54. The zero-order valence-electron chi connectivity index (χ0n) is 12.1. The smallest absolute Gasteiger partial charge is 0.259 e. The molecule has 1 aliphatic rings. The predicted molar refractivity (Wildman–Crippen MR) is 88.6 cm³/mol. The van der Waals surface area contributed by atoms with Crippen LogP contribution in [0.15, 0.2) is 17.2 Å². The molecule has 2 rings (SSSR count). The van der Waals surface area contributed by atoms with Crippen molar-refractivity contribution in [3.05, 3.63) is 27.2 Å². The number of benzene rings is 1. The van der Waals surface area contributed by atoms with Crippen LogP contribution < -0.4 is 5.01 Å². The molecular weight excluding hydrogens is 367 g/mol. The molecule has 0 spiro atoms. The Bertz CT molecular complexity index is 628. The van der Waals surface area contributed by atoms with Crippen LogP contribution in [0, 0.1) is 5.92 Å². The lowest BCUT2D eigenvalue weighted by Crippen LogP contribution is -2.31. The van der Waals surface area contributed by atoms with Gasteiger partial charge in [-0.05, 0) is 12.1 Å². The molecule has 1 aromatic carbocycles. The summed E-state index contributed by atoms with van der Waals surface area (Å²) in [4.78, 5) is 23.7. The standard InChI is InChI=1S/C14H13Cl3N2O4/c1-22-2-3-23-7-9-12(6-20)18-19(14(9)21)13-10(16)4-8(15)5-11(13)17/h4-6,9H,2-3,7H2,1H3. The lowest BCUT2D eigenvalue weighted by atomic mass is 10.1. The zero-order valence-corrected chi connectivity index (χ0v) is 14.4. The molecule has 0 aliphatic carbocycles. The lowest BCUT2D eigenvalue weighted by molar-refractivity contribution is -0.121. The number of rotatable bonds is 7. The molecule has 0 N–H and O–H groups in total. The van der Waals surface area contributed by atoms with E-state index < -0.39 is 11.8 Å². The van der Waals surface area contributed by atoms with Gasteiger partial charge in [-0.1, -0.05) is 34.8 Å². The zero-order chi connectivity index (χ0) is 17.0. The van der Waals surface area contributed by atoms with E-state index in [9.17, 15) is 9.59 Å². The Hall–Kier alpha value is -1.18. The summed E-state index contributed by atoms with van der Waals surface area (Å²) in [5.74, 6) is -1.26. The highest BCUT2D eigenvalue weighted by Gasteiger charge is 2.38. The van der Waals surface area contributed by atoms with Crippen molar-refractivity contribution in [2.75, 3.05) is 31.9 Å². The van der Waals surface area contributed by atoms with Crippen LogP contribution >= 0.6 is 34.8 Å². The van der Waals surface area contributed by atoms with Crippen LogP contribution in [0.2, 0.25) is 15.1 Å². The van der Waals surface area contributed by atoms with Gasteiger partial charge in [0.2, 0.25) is 0 Å². The number of ether oxygens (including phenoxy) is 2. The van der Waals surface area contributed by atoms with E-state index in [1.807, 2.05) is 0 Å². The van der Waals surface area contributed by atoms with Crippen molar-refractivity contribution < 1.29 is 19.1 Å². The van der Waals surface area contributed by atoms with Gasteiger partial charge < -0.3 is 9.47 Å². The van der Waals surface area contributed by atoms with E-state index >= 15 is 0 Å². The fourth-order valence-corrected chi connectivity index (χ4v) is 2.99. The maximum absolute atomic E-state index is 12.5. The Labute approximate surface area is 147 Å². The monoisotopic (exact) mass is 378 g/mol. The number of carbonyl (C=O) groups excluding carboxylic acids is 2. The summed E-state index contributed by atoms with van der Waals surface area (Å²) in [6, 6.07) is 2.88. The minimum Gasteiger partial charge on any atom is -0.382 e. The highest BCUT2D eigenvalue weighted by Crippen LogP contribution is 2.39. The van der Waals surface area contributed by atoms with Crippen LogP contribution in [-0.2, 0) is 19.1 Å². The van der Waals surface area contributed by atoms with E-state index in [0.717, 1.165) is 5.01 Å². The molecule has 0 radical (unpaired) electrons. The molecule has 1 aliphatic heterocycles. The summed E-state index contributed by atoms with van der Waals surface area (Å²) in [5, 5.41) is 5.65. The predicted octanol–water partition coefficient (Wildman–Crippen LogP) is 2.83. The molecular formula is C14H13Cl3N2O4. The van der Waals surface area contributed by atoms with Crippen molar-refractivity contribution in [1.82, 2.24) is 0 Å². The van der Waals surface area contributed by atoms with Gasteiger partial charge in [0.1, 0.15) is 17.3 Å². The van der Waals surface area contributed by atoms with Gasteiger partial charge in [-0.2, -0.15) is 10.1 Å². The van der Waals surface area contributed by atoms with Crippen molar-refractivity contribution in [2.45, 2.75) is 0 Å². The number of hydrogen-bond acceptors (Lipinski definition) is 5. The number of methoxy groups -OCH3 is 1. The summed E-state index contributed by atoms with van der Waals surface area (Å²) < 4.78 is 10.2. The maximum atomic E-state index is 12.5. The van der Waals surface area contributed by atoms with Crippen molar-refractivity contribution in [3.8, 4) is 0 Å². The van der Waals surface area contributed by atoms with E-state index in [1.165, 1.54) is 19.2 Å². The molecule has 124 valence electrons. The quantitative estimate of drug-likeness (QED) is 0.540. The Morgan fingerprint density at radius 3 is 2.48 bits per heavy atom. The third-order valence-corrected chi connectivity index (χ3v) is 3.90. The Morgan fingerprint density at radius 1 is 1.26 bits per heavy atom. The van der Waals surface area contributed by atoms with Crippen LogP contribution in [0.1, 0.15) is 0 Å². The van der Waals surface area contributed by atoms with Crippen LogP contribution in [0.25, 0.3) is 0 Å². The Morgan fingerprint density at radius 2 is 1.91 bits per heavy atom. The molecule has 1 unspecified atom stereocenters. The highest BCUT2D eigenvalue weighted by atomic mass is 35.5. The van der Waals surface area contributed by atoms with Crippen molar-refractivity contribution >= 4 is 58.4 Å². The van der Waals surface area contributed by atoms with Gasteiger partial charge in [0.15, 0.2) is 6.29 Å². The van der Waals surface area contributed by atoms with Crippen molar-refractivity contribution in [1.29, 1.82) is 0 Å². The van der Waals surface area contributed by atoms with Gasteiger partial charge in [-0.15, -0.1) is 0 Å². The fraction of sp³-hybridized carbons (Fsp3) is 0.357. The second-order valence-electron chi connectivity index (χ2n) is 4.63. The fourth-order valence-electron chi connectivity index (χ4n) is 2.01. The van der Waals surface area contributed by atoms with Crippen molar-refractivity contribution in [3.63, 3.8) is 0 Å². The maximum Gasteiger partial charge on any atom is 0.259 e. The molecule has 0 saturated carbocycles. The summed E-state index contributed by atoms with van der Waals surface area (Å²) >= 11 is 18.0. The van der Waals surface area contributed by atoms with E-state index in [1.54, 1.807) is 0 Å². The molecule has 1 heterocycles. The minimum atomic E-state index is -0.813. The first kappa shape index (κ1) is 18.2. The van der Waals surface area contributed by atoms with Gasteiger partial charge in [0.05, 0.1) is 29.9 Å². The third kappa shape index (κ3) is 4.02. The Balaban J connectivity index is 2.24. The summed E-state index contributed by atoms with van der Waals surface area (Å²) in [6.07, 6.45) is 0.514. The first-order valence-electron chi connectivity index (χ1n) is 6.58. The second kappa shape index (κ2) is 8.08. The second-order valence-corrected chi connectivity index (χ2v) is 5.88. The van der Waals surface area contributed by atoms with E-state index in [-0.39, 0.29) is 28.1 Å². The number of hydrogen-bond donors (Lipinski definition) is 0. The molecule has 9 heteroatoms. The van der Waals surface area contributed by atoms with E-state index in [4.69, 9.17) is 44.3 Å². The SMILES string of the molecule is COCCOCC1C(=O)N(c2c(Cl)cc(Cl)cc2Cl)N=C1C=O. The summed E-state index contributed by atoms with van der Waals surface area (Å²) in [5.41, 5.74) is 0.232. The minimum absolute atomic E-state index is 0.0130. The largest absolute Gasteiger partial charge is 0.382 e. The number of halogens is 3. The number of aldehydes is 1. The third-order valence-electron chi connectivity index (χ3n) is 3.11. The van der Waals surface area contributed by atoms with Gasteiger partial charge in [-0.25, -0.2) is 0 Å². The van der Waals surface area contributed by atoms with Crippen LogP contribution in [0.4, 0.5) is 5.69 Å².